The van der Waals surface area contributed by atoms with Gasteiger partial charge in [0, 0.05) is 6.54 Å². The summed E-state index contributed by atoms with van der Waals surface area (Å²) in [5, 5.41) is 20.0. The molecule has 3 heteroatoms. The molecule has 0 aliphatic rings. The predicted octanol–water partition coefficient (Wildman–Crippen LogP) is -1.05. The Morgan fingerprint density at radius 2 is 2.30 bits per heavy atom. The van der Waals surface area contributed by atoms with E-state index in [1.165, 1.54) is 0 Å². The van der Waals surface area contributed by atoms with E-state index in [0.29, 0.717) is 13.1 Å². The van der Waals surface area contributed by atoms with Gasteiger partial charge in [-0.2, -0.15) is 0 Å². The van der Waals surface area contributed by atoms with Crippen molar-refractivity contribution in [3.63, 3.8) is 0 Å². The third-order valence-corrected chi connectivity index (χ3v) is 0.981. The number of nitrogens with one attached hydrogen (secondary N) is 1. The minimum absolute atomic E-state index is 0.202. The molecule has 0 saturated heterocycles. The topological polar surface area (TPSA) is 52.5 Å². The second-order valence-electron chi connectivity index (χ2n) is 1.89. The lowest BCUT2D eigenvalue weighted by molar-refractivity contribution is 0.0954. The van der Waals surface area contributed by atoms with Crippen LogP contribution in [0.5, 0.6) is 0 Å². The second kappa shape index (κ2) is 6.56. The molecule has 1 atom stereocenters. The average Bonchev–Trinajstić information content (AvgIpc) is 1.98. The summed E-state index contributed by atoms with van der Waals surface area (Å²) in [5.41, 5.74) is 0. The minimum Gasteiger partial charge on any atom is -0.394 e. The van der Waals surface area contributed by atoms with Gasteiger partial charge in [-0.3, -0.25) is 0 Å². The van der Waals surface area contributed by atoms with Gasteiger partial charge in [0.05, 0.1) is 19.3 Å². The van der Waals surface area contributed by atoms with Crippen molar-refractivity contribution in [2.45, 2.75) is 13.0 Å². The van der Waals surface area contributed by atoms with E-state index in [0.717, 1.165) is 0 Å². The zero-order chi connectivity index (χ0) is 7.82. The third kappa shape index (κ3) is 5.57. The maximum absolute atomic E-state index is 8.80. The summed E-state index contributed by atoms with van der Waals surface area (Å²) in [6.45, 7) is 2.51. The lowest BCUT2D eigenvalue weighted by Gasteiger charge is -2.04. The van der Waals surface area contributed by atoms with Gasteiger partial charge in [0.15, 0.2) is 0 Å². The van der Waals surface area contributed by atoms with E-state index < -0.39 is 6.10 Å². The second-order valence-corrected chi connectivity index (χ2v) is 1.89. The van der Waals surface area contributed by atoms with Gasteiger partial charge < -0.3 is 15.5 Å². The van der Waals surface area contributed by atoms with Crippen LogP contribution in [0, 0.1) is 11.8 Å². The van der Waals surface area contributed by atoms with Gasteiger partial charge in [-0.05, 0) is 6.92 Å². The first-order chi connectivity index (χ1) is 4.81. The van der Waals surface area contributed by atoms with E-state index in [1.807, 2.05) is 0 Å². The Labute approximate surface area is 61.1 Å². The lowest BCUT2D eigenvalue weighted by Crippen LogP contribution is -2.29. The van der Waals surface area contributed by atoms with Crippen LogP contribution in [0.2, 0.25) is 0 Å². The van der Waals surface area contributed by atoms with Crippen LogP contribution in [-0.4, -0.2) is 36.0 Å². The first kappa shape index (κ1) is 9.44. The first-order valence-electron chi connectivity index (χ1n) is 3.20. The van der Waals surface area contributed by atoms with Gasteiger partial charge in [-0.25, -0.2) is 0 Å². The molecule has 0 radical (unpaired) electrons. The zero-order valence-corrected chi connectivity index (χ0v) is 6.09. The first-order valence-corrected chi connectivity index (χ1v) is 3.20. The molecule has 0 aromatic heterocycles. The Balaban J connectivity index is 3.08. The third-order valence-electron chi connectivity index (χ3n) is 0.981. The van der Waals surface area contributed by atoms with Gasteiger partial charge >= 0.3 is 0 Å². The minimum atomic E-state index is -0.668. The molecule has 0 amide bonds. The highest BCUT2D eigenvalue weighted by atomic mass is 16.3. The van der Waals surface area contributed by atoms with E-state index in [9.17, 15) is 0 Å². The van der Waals surface area contributed by atoms with Crippen LogP contribution in [-0.2, 0) is 0 Å². The number of hydrogen-bond donors (Lipinski definition) is 3. The fraction of sp³-hybridized carbons (Fsp3) is 0.714. The lowest BCUT2D eigenvalue weighted by atomic mass is 10.4. The SMILES string of the molecule is CC#CCNC[C@H](O)CO. The van der Waals surface area contributed by atoms with Crippen LogP contribution in [0.25, 0.3) is 0 Å². The summed E-state index contributed by atoms with van der Waals surface area (Å²) in [5.74, 6) is 5.48. The molecule has 0 unspecified atom stereocenters. The summed E-state index contributed by atoms with van der Waals surface area (Å²) in [6, 6.07) is 0. The normalized spacial score (nSPS) is 11.9. The number of hydrogen-bond acceptors (Lipinski definition) is 3. The number of rotatable bonds is 4. The Bertz CT molecular complexity index is 125. The summed E-state index contributed by atoms with van der Waals surface area (Å²) in [4.78, 5) is 0. The van der Waals surface area contributed by atoms with Crippen LogP contribution in [0.1, 0.15) is 6.92 Å². The Hall–Kier alpha value is -0.560. The fourth-order valence-corrected chi connectivity index (χ4v) is 0.454. The molecular weight excluding hydrogens is 130 g/mol. The van der Waals surface area contributed by atoms with Crippen molar-refractivity contribution < 1.29 is 10.2 Å². The molecule has 3 nitrogen and oxygen atoms in total. The maximum atomic E-state index is 8.80. The van der Waals surface area contributed by atoms with E-state index >= 15 is 0 Å². The summed E-state index contributed by atoms with van der Waals surface area (Å²) in [6.07, 6.45) is -0.668. The van der Waals surface area contributed by atoms with E-state index in [4.69, 9.17) is 10.2 Å². The average molecular weight is 143 g/mol. The monoisotopic (exact) mass is 143 g/mol. The number of aliphatic hydroxyl groups is 2. The smallest absolute Gasteiger partial charge is 0.0895 e. The molecule has 0 spiro atoms. The van der Waals surface area contributed by atoms with Crippen LogP contribution in [0.4, 0.5) is 0 Å². The van der Waals surface area contributed by atoms with Gasteiger partial charge in [0.25, 0.3) is 0 Å². The quantitative estimate of drug-likeness (QED) is 0.348. The highest BCUT2D eigenvalue weighted by Crippen LogP contribution is 1.74. The van der Waals surface area contributed by atoms with Gasteiger partial charge in [0.2, 0.25) is 0 Å². The van der Waals surface area contributed by atoms with Crippen molar-refractivity contribution in [3.05, 3.63) is 0 Å². The molecular formula is C7H13NO2. The molecule has 3 N–H and O–H groups in total. The molecule has 0 rings (SSSR count). The van der Waals surface area contributed by atoms with Crippen molar-refractivity contribution in [2.24, 2.45) is 0 Å². The predicted molar refractivity (Wildman–Crippen MR) is 39.4 cm³/mol. The van der Waals surface area contributed by atoms with Crippen molar-refractivity contribution in [1.82, 2.24) is 5.32 Å². The van der Waals surface area contributed by atoms with Crippen LogP contribution in [0.3, 0.4) is 0 Å². The fourth-order valence-electron chi connectivity index (χ4n) is 0.454. The molecule has 0 saturated carbocycles. The van der Waals surface area contributed by atoms with Crippen molar-refractivity contribution >= 4 is 0 Å². The zero-order valence-electron chi connectivity index (χ0n) is 6.09. The number of aliphatic hydroxyl groups excluding tert-OH is 2. The molecule has 10 heavy (non-hydrogen) atoms. The summed E-state index contributed by atoms with van der Waals surface area (Å²) in [7, 11) is 0. The molecule has 58 valence electrons. The van der Waals surface area contributed by atoms with E-state index in [-0.39, 0.29) is 6.61 Å². The van der Waals surface area contributed by atoms with Gasteiger partial charge in [-0.15, -0.1) is 5.92 Å². The maximum Gasteiger partial charge on any atom is 0.0895 e. The van der Waals surface area contributed by atoms with Crippen LogP contribution in [0.15, 0.2) is 0 Å². The van der Waals surface area contributed by atoms with E-state index in [2.05, 4.69) is 17.2 Å². The van der Waals surface area contributed by atoms with Gasteiger partial charge in [0.1, 0.15) is 0 Å². The van der Waals surface area contributed by atoms with Crippen molar-refractivity contribution in [1.29, 1.82) is 0 Å². The largest absolute Gasteiger partial charge is 0.394 e. The highest BCUT2D eigenvalue weighted by Gasteiger charge is 1.97. The molecule has 0 bridgehead atoms. The molecule has 0 aromatic carbocycles. The van der Waals surface area contributed by atoms with Crippen LogP contribution >= 0.6 is 0 Å². The van der Waals surface area contributed by atoms with Crippen LogP contribution < -0.4 is 5.32 Å². The van der Waals surface area contributed by atoms with Crippen molar-refractivity contribution in [2.75, 3.05) is 19.7 Å². The Kier molecular flexibility index (Phi) is 6.19. The molecule has 0 heterocycles. The van der Waals surface area contributed by atoms with Crippen molar-refractivity contribution in [3.8, 4) is 11.8 Å². The Morgan fingerprint density at radius 1 is 1.60 bits per heavy atom. The molecule has 0 aromatic rings. The van der Waals surface area contributed by atoms with Gasteiger partial charge in [-0.1, -0.05) is 5.92 Å². The Morgan fingerprint density at radius 3 is 2.80 bits per heavy atom. The molecule has 0 aliphatic heterocycles. The highest BCUT2D eigenvalue weighted by molar-refractivity contribution is 4.96. The summed E-state index contributed by atoms with van der Waals surface area (Å²) >= 11 is 0. The molecule has 0 aliphatic carbocycles. The summed E-state index contributed by atoms with van der Waals surface area (Å²) < 4.78 is 0. The standard InChI is InChI=1S/C7H13NO2/c1-2-3-4-8-5-7(10)6-9/h7-10H,4-6H2,1H3/t7-/m0/s1. The van der Waals surface area contributed by atoms with E-state index in [1.54, 1.807) is 6.92 Å². The molecule has 0 fully saturated rings.